The Balaban J connectivity index is 2.25. The molecule has 0 saturated carbocycles. The lowest BCUT2D eigenvalue weighted by atomic mass is 9.74. The van der Waals surface area contributed by atoms with Crippen molar-refractivity contribution < 1.29 is 19.4 Å². The second-order valence-corrected chi connectivity index (χ2v) is 10.2. The van der Waals surface area contributed by atoms with Crippen molar-refractivity contribution in [1.82, 2.24) is 4.98 Å². The van der Waals surface area contributed by atoms with Gasteiger partial charge in [0.05, 0.1) is 16.8 Å². The summed E-state index contributed by atoms with van der Waals surface area (Å²) in [7, 11) is 0. The molecule has 5 nitrogen and oxygen atoms in total. The topological polar surface area (TPSA) is 76.5 Å². The first-order valence-electron chi connectivity index (χ1n) is 10.7. The molecule has 1 aliphatic rings. The number of ether oxygens (including phenoxy) is 1. The number of rotatable bonds is 2. The standard InChI is InChI=1S/C24H35NO4S/c1-15-9-7-8-10-20(16(2)13-19-14-30-18(4)25-19)29-21(26)11-12-24(5,6)23(28)17(3)22(15)27/h7-8,13-15,17,20,22,27H,9-12H2,1-6H3/b8-7+,16-13+/t15?,17?,20?,22-/m0/s1. The van der Waals surface area contributed by atoms with Gasteiger partial charge in [0.2, 0.25) is 0 Å². The molecular weight excluding hydrogens is 398 g/mol. The van der Waals surface area contributed by atoms with Crippen molar-refractivity contribution >= 4 is 29.2 Å². The molecule has 0 saturated heterocycles. The number of esters is 1. The molecule has 0 bridgehead atoms. The Morgan fingerprint density at radius 2 is 1.93 bits per heavy atom. The number of allylic oxidation sites excluding steroid dienone is 1. The average Bonchev–Trinajstić information content (AvgIpc) is 3.10. The molecule has 6 heteroatoms. The van der Waals surface area contributed by atoms with Crippen molar-refractivity contribution in [3.05, 3.63) is 33.8 Å². The summed E-state index contributed by atoms with van der Waals surface area (Å²) in [5, 5.41) is 13.6. The summed E-state index contributed by atoms with van der Waals surface area (Å²) in [5.74, 6) is -0.825. The van der Waals surface area contributed by atoms with Gasteiger partial charge in [0.15, 0.2) is 0 Å². The normalized spacial score (nSPS) is 30.4. The minimum atomic E-state index is -0.707. The number of Topliss-reactive ketones (excluding diaryl/α,β-unsaturated/α-hetero) is 1. The average molecular weight is 434 g/mol. The maximum Gasteiger partial charge on any atom is 0.306 e. The number of thiazole rings is 1. The molecule has 1 aromatic rings. The molecule has 1 aromatic heterocycles. The summed E-state index contributed by atoms with van der Waals surface area (Å²) in [6, 6.07) is 0. The molecule has 0 fully saturated rings. The van der Waals surface area contributed by atoms with Gasteiger partial charge >= 0.3 is 5.97 Å². The van der Waals surface area contributed by atoms with E-state index in [9.17, 15) is 14.7 Å². The molecule has 2 rings (SSSR count). The number of nitrogens with zero attached hydrogens (tertiary/aromatic N) is 1. The monoisotopic (exact) mass is 433 g/mol. The predicted octanol–water partition coefficient (Wildman–Crippen LogP) is 5.13. The summed E-state index contributed by atoms with van der Waals surface area (Å²) in [6.45, 7) is 11.3. The maximum absolute atomic E-state index is 12.9. The highest BCUT2D eigenvalue weighted by molar-refractivity contribution is 7.09. The Hall–Kier alpha value is -1.79. The van der Waals surface area contributed by atoms with Crippen LogP contribution in [0.25, 0.3) is 6.08 Å². The summed E-state index contributed by atoms with van der Waals surface area (Å²) < 4.78 is 5.80. The highest BCUT2D eigenvalue weighted by Gasteiger charge is 2.36. The van der Waals surface area contributed by atoms with Crippen molar-refractivity contribution in [2.45, 2.75) is 79.4 Å². The third kappa shape index (κ3) is 6.61. The molecule has 0 spiro atoms. The third-order valence-electron chi connectivity index (χ3n) is 5.95. The van der Waals surface area contributed by atoms with Gasteiger partial charge in [0, 0.05) is 29.6 Å². The van der Waals surface area contributed by atoms with Gasteiger partial charge in [0.25, 0.3) is 0 Å². The Kier molecular flexibility index (Phi) is 8.56. The quantitative estimate of drug-likeness (QED) is 0.517. The van der Waals surface area contributed by atoms with E-state index in [0.29, 0.717) is 19.3 Å². The van der Waals surface area contributed by atoms with Gasteiger partial charge in [-0.2, -0.15) is 0 Å². The van der Waals surface area contributed by atoms with Crippen molar-refractivity contribution in [1.29, 1.82) is 0 Å². The van der Waals surface area contributed by atoms with Crippen LogP contribution in [0.4, 0.5) is 0 Å². The molecule has 0 aliphatic carbocycles. The maximum atomic E-state index is 12.9. The number of ketones is 1. The molecular formula is C24H35NO4S. The Labute approximate surface area is 184 Å². The first kappa shape index (κ1) is 24.5. The lowest BCUT2D eigenvalue weighted by Gasteiger charge is -2.31. The molecule has 2 heterocycles. The number of hydrogen-bond acceptors (Lipinski definition) is 6. The van der Waals surface area contributed by atoms with E-state index in [2.05, 4.69) is 4.98 Å². The summed E-state index contributed by atoms with van der Waals surface area (Å²) in [6.07, 6.45) is 6.66. The zero-order chi connectivity index (χ0) is 22.5. The summed E-state index contributed by atoms with van der Waals surface area (Å²) in [4.78, 5) is 30.0. The van der Waals surface area contributed by atoms with Crippen LogP contribution in [0, 0.1) is 24.2 Å². The minimum Gasteiger partial charge on any atom is -0.457 e. The molecule has 166 valence electrons. The molecule has 30 heavy (non-hydrogen) atoms. The van der Waals surface area contributed by atoms with Gasteiger partial charge in [-0.15, -0.1) is 11.3 Å². The van der Waals surface area contributed by atoms with E-state index < -0.39 is 17.4 Å². The van der Waals surface area contributed by atoms with E-state index in [1.165, 1.54) is 0 Å². The van der Waals surface area contributed by atoms with Crippen LogP contribution in [0.5, 0.6) is 0 Å². The first-order chi connectivity index (χ1) is 14.0. The molecule has 4 atom stereocenters. The van der Waals surface area contributed by atoms with Gasteiger partial charge in [-0.3, -0.25) is 9.59 Å². The number of aliphatic hydroxyl groups excluding tert-OH is 1. The van der Waals surface area contributed by atoms with Crippen LogP contribution in [0.1, 0.15) is 71.0 Å². The Morgan fingerprint density at radius 1 is 1.27 bits per heavy atom. The zero-order valence-corrected chi connectivity index (χ0v) is 19.8. The van der Waals surface area contributed by atoms with E-state index in [1.807, 2.05) is 58.2 Å². The number of carbonyl (C=O) groups is 2. The number of aryl methyl sites for hydroxylation is 1. The van der Waals surface area contributed by atoms with Gasteiger partial charge in [-0.1, -0.05) is 39.8 Å². The van der Waals surface area contributed by atoms with E-state index >= 15 is 0 Å². The third-order valence-corrected chi connectivity index (χ3v) is 6.74. The molecule has 1 N–H and O–H groups in total. The van der Waals surface area contributed by atoms with Gasteiger partial charge < -0.3 is 9.84 Å². The highest BCUT2D eigenvalue weighted by atomic mass is 32.1. The lowest BCUT2D eigenvalue weighted by Crippen LogP contribution is -2.39. The fourth-order valence-corrected chi connectivity index (χ4v) is 4.36. The first-order valence-corrected chi connectivity index (χ1v) is 11.6. The Morgan fingerprint density at radius 3 is 2.57 bits per heavy atom. The van der Waals surface area contributed by atoms with Crippen molar-refractivity contribution in [2.75, 3.05) is 0 Å². The van der Waals surface area contributed by atoms with Crippen LogP contribution in [-0.4, -0.2) is 34.1 Å². The molecule has 1 aliphatic heterocycles. The summed E-state index contributed by atoms with van der Waals surface area (Å²) >= 11 is 1.58. The van der Waals surface area contributed by atoms with Crippen LogP contribution >= 0.6 is 11.3 Å². The second-order valence-electron chi connectivity index (χ2n) is 9.11. The number of aromatic nitrogens is 1. The van der Waals surface area contributed by atoms with Crippen molar-refractivity contribution in [3.8, 4) is 0 Å². The van der Waals surface area contributed by atoms with Gasteiger partial charge in [-0.05, 0) is 44.3 Å². The van der Waals surface area contributed by atoms with Crippen LogP contribution in [0.3, 0.4) is 0 Å². The van der Waals surface area contributed by atoms with Crippen LogP contribution < -0.4 is 0 Å². The minimum absolute atomic E-state index is 0.0118. The van der Waals surface area contributed by atoms with Crippen molar-refractivity contribution in [3.63, 3.8) is 0 Å². The SMILES string of the molecule is C/C(=C\c1csc(C)n1)C1C/C=C/CC(C)[C@H](O)C(C)C(=O)C(C)(C)CCC(=O)O1. The molecule has 3 unspecified atom stereocenters. The zero-order valence-electron chi connectivity index (χ0n) is 19.0. The highest BCUT2D eigenvalue weighted by Crippen LogP contribution is 2.31. The van der Waals surface area contributed by atoms with Crippen LogP contribution in [0.15, 0.2) is 23.1 Å². The lowest BCUT2D eigenvalue weighted by molar-refractivity contribution is -0.148. The number of cyclic esters (lactones) is 1. The number of aliphatic hydroxyl groups is 1. The van der Waals surface area contributed by atoms with E-state index in [-0.39, 0.29) is 30.2 Å². The molecule has 0 amide bonds. The van der Waals surface area contributed by atoms with Gasteiger partial charge in [-0.25, -0.2) is 4.98 Å². The fourth-order valence-electron chi connectivity index (χ4n) is 3.79. The Bertz CT molecular complexity index is 808. The number of carbonyl (C=O) groups excluding carboxylic acids is 2. The van der Waals surface area contributed by atoms with Crippen LogP contribution in [-0.2, 0) is 14.3 Å². The van der Waals surface area contributed by atoms with Gasteiger partial charge in [0.1, 0.15) is 11.9 Å². The van der Waals surface area contributed by atoms with Crippen LogP contribution in [0.2, 0.25) is 0 Å². The predicted molar refractivity (Wildman–Crippen MR) is 121 cm³/mol. The van der Waals surface area contributed by atoms with E-state index in [0.717, 1.165) is 16.3 Å². The smallest absolute Gasteiger partial charge is 0.306 e. The fraction of sp³-hybridized carbons (Fsp3) is 0.625. The molecule has 0 radical (unpaired) electrons. The molecule has 0 aromatic carbocycles. The largest absolute Gasteiger partial charge is 0.457 e. The van der Waals surface area contributed by atoms with E-state index in [4.69, 9.17) is 4.74 Å². The van der Waals surface area contributed by atoms with Crippen molar-refractivity contribution in [2.24, 2.45) is 17.3 Å². The number of hydrogen-bond donors (Lipinski definition) is 1. The summed E-state index contributed by atoms with van der Waals surface area (Å²) in [5.41, 5.74) is 1.10. The second kappa shape index (κ2) is 10.5. The van der Waals surface area contributed by atoms with E-state index in [1.54, 1.807) is 18.3 Å².